The second-order valence-electron chi connectivity index (χ2n) is 9.15. The summed E-state index contributed by atoms with van der Waals surface area (Å²) in [6.07, 6.45) is 0. The number of rotatable bonds is 12. The standard InChI is InChI=1S/C28H42N4O4/c1-7-34-25-18-22(19-26(35-8-2)27(25)36-9-3)28(33)29-20-24(32-16-14-31(6)15-17-32)21-10-12-23(13-11-21)30(4)5/h10-13,18-19,24H,7-9,14-17,20H2,1-6H3,(H,29,33). The van der Waals surface area contributed by atoms with Crippen molar-refractivity contribution >= 4 is 11.6 Å². The second kappa shape index (κ2) is 13.4. The Morgan fingerprint density at radius 3 is 1.97 bits per heavy atom. The first-order valence-electron chi connectivity index (χ1n) is 12.9. The zero-order valence-electron chi connectivity index (χ0n) is 22.7. The van der Waals surface area contributed by atoms with Gasteiger partial charge in [-0.3, -0.25) is 9.69 Å². The quantitative estimate of drug-likeness (QED) is 0.479. The minimum Gasteiger partial charge on any atom is -0.490 e. The summed E-state index contributed by atoms with van der Waals surface area (Å²) in [5.41, 5.74) is 2.84. The molecule has 198 valence electrons. The van der Waals surface area contributed by atoms with Crippen LogP contribution in [0.5, 0.6) is 17.2 Å². The first-order chi connectivity index (χ1) is 17.4. The van der Waals surface area contributed by atoms with Crippen LogP contribution >= 0.6 is 0 Å². The van der Waals surface area contributed by atoms with Crippen molar-refractivity contribution in [1.82, 2.24) is 15.1 Å². The highest BCUT2D eigenvalue weighted by Crippen LogP contribution is 2.39. The molecule has 1 amide bonds. The zero-order valence-corrected chi connectivity index (χ0v) is 22.7. The Hall–Kier alpha value is -2.97. The van der Waals surface area contributed by atoms with Gasteiger partial charge in [0, 0.05) is 58.1 Å². The normalized spacial score (nSPS) is 15.3. The van der Waals surface area contributed by atoms with Gasteiger partial charge in [-0.2, -0.15) is 0 Å². The zero-order chi connectivity index (χ0) is 26.1. The second-order valence-corrected chi connectivity index (χ2v) is 9.15. The van der Waals surface area contributed by atoms with Gasteiger partial charge in [0.25, 0.3) is 5.91 Å². The van der Waals surface area contributed by atoms with E-state index in [4.69, 9.17) is 14.2 Å². The lowest BCUT2D eigenvalue weighted by Crippen LogP contribution is -2.48. The van der Waals surface area contributed by atoms with Gasteiger partial charge in [-0.05, 0) is 57.6 Å². The molecule has 0 radical (unpaired) electrons. The summed E-state index contributed by atoms with van der Waals surface area (Å²) >= 11 is 0. The SMILES string of the molecule is CCOc1cc(C(=O)NCC(c2ccc(N(C)C)cc2)N2CCN(C)CC2)cc(OCC)c1OCC. The van der Waals surface area contributed by atoms with Gasteiger partial charge in [0.1, 0.15) is 0 Å². The Morgan fingerprint density at radius 1 is 0.917 bits per heavy atom. The third-order valence-corrected chi connectivity index (χ3v) is 6.40. The molecular formula is C28H42N4O4. The predicted octanol–water partition coefficient (Wildman–Crippen LogP) is 3.67. The molecule has 1 atom stereocenters. The van der Waals surface area contributed by atoms with Gasteiger partial charge in [-0.15, -0.1) is 0 Å². The first kappa shape index (κ1) is 27.6. The molecule has 0 bridgehead atoms. The number of piperazine rings is 1. The number of hydrogen-bond donors (Lipinski definition) is 1. The minimum absolute atomic E-state index is 0.0827. The van der Waals surface area contributed by atoms with Crippen LogP contribution in [0.4, 0.5) is 5.69 Å². The van der Waals surface area contributed by atoms with E-state index in [9.17, 15) is 4.79 Å². The summed E-state index contributed by atoms with van der Waals surface area (Å²) in [4.78, 5) is 20.2. The van der Waals surface area contributed by atoms with Gasteiger partial charge in [-0.25, -0.2) is 0 Å². The van der Waals surface area contributed by atoms with Gasteiger partial charge in [0.2, 0.25) is 5.75 Å². The van der Waals surface area contributed by atoms with Crippen LogP contribution in [0.1, 0.15) is 42.7 Å². The fourth-order valence-electron chi connectivity index (χ4n) is 4.40. The topological polar surface area (TPSA) is 66.5 Å². The van der Waals surface area contributed by atoms with Gasteiger partial charge in [0.15, 0.2) is 11.5 Å². The van der Waals surface area contributed by atoms with Crippen molar-refractivity contribution < 1.29 is 19.0 Å². The van der Waals surface area contributed by atoms with Crippen LogP contribution in [-0.4, -0.2) is 89.4 Å². The molecule has 1 aliphatic rings. The molecule has 1 N–H and O–H groups in total. The maximum atomic E-state index is 13.3. The van der Waals surface area contributed by atoms with Crippen molar-refractivity contribution in [3.05, 3.63) is 47.5 Å². The lowest BCUT2D eigenvalue weighted by Gasteiger charge is -2.38. The maximum absolute atomic E-state index is 13.3. The molecular weight excluding hydrogens is 456 g/mol. The van der Waals surface area contributed by atoms with E-state index in [1.807, 2.05) is 34.9 Å². The molecule has 8 nitrogen and oxygen atoms in total. The number of likely N-dealkylation sites (N-methyl/N-ethyl adjacent to an activating group) is 1. The highest BCUT2D eigenvalue weighted by Gasteiger charge is 2.25. The van der Waals surface area contributed by atoms with Crippen LogP contribution in [0.15, 0.2) is 36.4 Å². The van der Waals surface area contributed by atoms with Gasteiger partial charge in [0.05, 0.1) is 25.9 Å². The molecule has 36 heavy (non-hydrogen) atoms. The van der Waals surface area contributed by atoms with Crippen LogP contribution < -0.4 is 24.4 Å². The smallest absolute Gasteiger partial charge is 0.251 e. The summed E-state index contributed by atoms with van der Waals surface area (Å²) < 4.78 is 17.4. The average Bonchev–Trinajstić information content (AvgIpc) is 2.87. The van der Waals surface area contributed by atoms with Gasteiger partial charge < -0.3 is 29.3 Å². The third-order valence-electron chi connectivity index (χ3n) is 6.40. The van der Waals surface area contributed by atoms with Gasteiger partial charge in [-0.1, -0.05) is 12.1 Å². The Balaban J connectivity index is 1.83. The van der Waals surface area contributed by atoms with Crippen molar-refractivity contribution in [3.63, 3.8) is 0 Å². The Kier molecular flexibility index (Phi) is 10.3. The monoisotopic (exact) mass is 498 g/mol. The molecule has 1 heterocycles. The average molecular weight is 499 g/mol. The molecule has 1 saturated heterocycles. The van der Waals surface area contributed by atoms with Gasteiger partial charge >= 0.3 is 0 Å². The molecule has 8 heteroatoms. The number of anilines is 1. The van der Waals surface area contributed by atoms with E-state index >= 15 is 0 Å². The number of amides is 1. The summed E-state index contributed by atoms with van der Waals surface area (Å²) in [5.74, 6) is 1.41. The lowest BCUT2D eigenvalue weighted by atomic mass is 10.0. The summed E-state index contributed by atoms with van der Waals surface area (Å²) in [6.45, 7) is 11.6. The highest BCUT2D eigenvalue weighted by atomic mass is 16.5. The molecule has 2 aromatic rings. The predicted molar refractivity (Wildman–Crippen MR) is 145 cm³/mol. The number of carbonyl (C=O) groups excluding carboxylic acids is 1. The Morgan fingerprint density at radius 2 is 1.47 bits per heavy atom. The summed E-state index contributed by atoms with van der Waals surface area (Å²) in [5, 5.41) is 3.18. The van der Waals surface area contributed by atoms with Crippen LogP contribution in [0.2, 0.25) is 0 Å². The summed E-state index contributed by atoms with van der Waals surface area (Å²) in [6, 6.07) is 12.2. The van der Waals surface area contributed by atoms with E-state index in [2.05, 4.69) is 51.3 Å². The molecule has 0 aromatic heterocycles. The fraction of sp³-hybridized carbons (Fsp3) is 0.536. The number of nitrogens with one attached hydrogen (secondary N) is 1. The van der Waals surface area contributed by atoms with Crippen molar-refractivity contribution in [3.8, 4) is 17.2 Å². The molecule has 1 unspecified atom stereocenters. The van der Waals surface area contributed by atoms with E-state index < -0.39 is 0 Å². The third kappa shape index (κ3) is 7.04. The van der Waals surface area contributed by atoms with E-state index in [1.165, 1.54) is 5.56 Å². The van der Waals surface area contributed by atoms with Crippen LogP contribution in [0, 0.1) is 0 Å². The van der Waals surface area contributed by atoms with Crippen molar-refractivity contribution in [2.24, 2.45) is 0 Å². The van der Waals surface area contributed by atoms with Crippen molar-refractivity contribution in [1.29, 1.82) is 0 Å². The molecule has 3 rings (SSSR count). The van der Waals surface area contributed by atoms with Crippen LogP contribution in [0.25, 0.3) is 0 Å². The Bertz CT molecular complexity index is 945. The van der Waals surface area contributed by atoms with E-state index in [1.54, 1.807) is 12.1 Å². The number of hydrogen-bond acceptors (Lipinski definition) is 7. The highest BCUT2D eigenvalue weighted by molar-refractivity contribution is 5.95. The van der Waals surface area contributed by atoms with Crippen molar-refractivity contribution in [2.45, 2.75) is 26.8 Å². The van der Waals surface area contributed by atoms with E-state index in [0.29, 0.717) is 49.2 Å². The minimum atomic E-state index is -0.163. The van der Waals surface area contributed by atoms with Crippen molar-refractivity contribution in [2.75, 3.05) is 78.6 Å². The van der Waals surface area contributed by atoms with E-state index in [0.717, 1.165) is 31.9 Å². The molecule has 1 aliphatic heterocycles. The molecule has 0 saturated carbocycles. The Labute approximate surface area is 216 Å². The van der Waals surface area contributed by atoms with Crippen LogP contribution in [-0.2, 0) is 0 Å². The molecule has 2 aromatic carbocycles. The largest absolute Gasteiger partial charge is 0.490 e. The fourth-order valence-corrected chi connectivity index (χ4v) is 4.40. The number of nitrogens with zero attached hydrogens (tertiary/aromatic N) is 3. The lowest BCUT2D eigenvalue weighted by molar-refractivity contribution is 0.0885. The number of ether oxygens (including phenoxy) is 3. The molecule has 1 fully saturated rings. The molecule has 0 aliphatic carbocycles. The number of benzene rings is 2. The van der Waals surface area contributed by atoms with Crippen LogP contribution in [0.3, 0.4) is 0 Å². The molecule has 0 spiro atoms. The number of carbonyl (C=O) groups is 1. The first-order valence-corrected chi connectivity index (χ1v) is 12.9. The maximum Gasteiger partial charge on any atom is 0.251 e. The van der Waals surface area contributed by atoms with E-state index in [-0.39, 0.29) is 11.9 Å². The summed E-state index contributed by atoms with van der Waals surface area (Å²) in [7, 11) is 6.23.